The highest BCUT2D eigenvalue weighted by atomic mass is 32.3. The molecule has 0 radical (unpaired) electrons. The monoisotopic (exact) mass is 389 g/mol. The summed E-state index contributed by atoms with van der Waals surface area (Å²) in [6.07, 6.45) is 0.577. The first-order valence-corrected chi connectivity index (χ1v) is 8.21. The minimum atomic E-state index is -6.87. The number of halogens is 7. The van der Waals surface area contributed by atoms with E-state index < -0.39 is 47.8 Å². The Bertz CT molecular complexity index is 739. The number of alkyl halides is 6. The van der Waals surface area contributed by atoms with E-state index in [1.54, 1.807) is 0 Å². The van der Waals surface area contributed by atoms with Gasteiger partial charge in [-0.15, -0.1) is 4.39 Å². The summed E-state index contributed by atoms with van der Waals surface area (Å²) in [7, 11) is -13.7. The van der Waals surface area contributed by atoms with Gasteiger partial charge in [0.15, 0.2) is 6.20 Å². The number of sulfone groups is 2. The van der Waals surface area contributed by atoms with Crippen molar-refractivity contribution in [3.05, 3.63) is 34.9 Å². The molecule has 14 heteroatoms. The molecule has 5 nitrogen and oxygen atoms in total. The molecule has 132 valence electrons. The Kier molecular flexibility index (Phi) is 5.02. The predicted molar refractivity (Wildman–Crippen MR) is 59.8 cm³/mol. The molecule has 0 saturated carbocycles. The molecular formula is C9H6F7NO4S2. The van der Waals surface area contributed by atoms with Crippen molar-refractivity contribution in [1.29, 1.82) is 0 Å². The lowest BCUT2D eigenvalue weighted by molar-refractivity contribution is -0.717. The van der Waals surface area contributed by atoms with Crippen molar-refractivity contribution in [2.45, 2.75) is 17.6 Å². The van der Waals surface area contributed by atoms with Gasteiger partial charge in [-0.2, -0.15) is 30.9 Å². The first-order valence-electron chi connectivity index (χ1n) is 5.25. The van der Waals surface area contributed by atoms with Crippen LogP contribution in [0.25, 0.3) is 0 Å². The van der Waals surface area contributed by atoms with Crippen LogP contribution in [0.3, 0.4) is 0 Å². The number of hydrogen-bond acceptors (Lipinski definition) is 4. The summed E-state index contributed by atoms with van der Waals surface area (Å²) >= 11 is 0. The SMILES string of the molecule is O=S(=O)([C-](C[n+]1ccccc1F)S(=O)(=O)C(F)(F)F)C(F)(F)F. The van der Waals surface area contributed by atoms with Crippen LogP contribution >= 0.6 is 0 Å². The Morgan fingerprint density at radius 3 is 1.70 bits per heavy atom. The standard InChI is InChI=1S/C9H6F7NO4S2/c10-6-3-1-2-4-17(6)5-7(22(18,19)8(11,12)13)23(20,21)9(14,15)16/h1-4H,5H2. The van der Waals surface area contributed by atoms with Crippen LogP contribution in [0.2, 0.25) is 0 Å². The second kappa shape index (κ2) is 5.89. The number of hydrogen-bond donors (Lipinski definition) is 0. The van der Waals surface area contributed by atoms with E-state index in [1.807, 2.05) is 0 Å². The number of rotatable bonds is 4. The highest BCUT2D eigenvalue weighted by Crippen LogP contribution is 2.40. The van der Waals surface area contributed by atoms with Crippen LogP contribution in [-0.2, 0) is 26.2 Å². The lowest BCUT2D eigenvalue weighted by Gasteiger charge is -2.28. The zero-order valence-corrected chi connectivity index (χ0v) is 12.2. The first-order chi connectivity index (χ1) is 10.1. The largest absolute Gasteiger partial charge is 0.470 e. The number of aromatic nitrogens is 1. The van der Waals surface area contributed by atoms with Crippen LogP contribution in [0.1, 0.15) is 0 Å². The number of nitrogens with zero attached hydrogens (tertiary/aromatic N) is 1. The van der Waals surface area contributed by atoms with Crippen LogP contribution in [0, 0.1) is 10.5 Å². The molecule has 0 N–H and O–H groups in total. The maximum absolute atomic E-state index is 13.3. The van der Waals surface area contributed by atoms with E-state index >= 15 is 0 Å². The molecule has 1 aromatic rings. The van der Waals surface area contributed by atoms with Gasteiger partial charge in [0.1, 0.15) is 19.7 Å². The summed E-state index contributed by atoms with van der Waals surface area (Å²) in [5.74, 6) is -1.44. The fraction of sp³-hybridized carbons (Fsp3) is 0.333. The third-order valence-electron chi connectivity index (χ3n) is 2.39. The summed E-state index contributed by atoms with van der Waals surface area (Å²) in [5, 5.41) is 0. The molecule has 0 atom stereocenters. The molecule has 23 heavy (non-hydrogen) atoms. The Morgan fingerprint density at radius 2 is 1.35 bits per heavy atom. The molecule has 0 spiro atoms. The highest BCUT2D eigenvalue weighted by Gasteiger charge is 2.55. The van der Waals surface area contributed by atoms with E-state index in [9.17, 15) is 47.6 Å². The van der Waals surface area contributed by atoms with Gasteiger partial charge >= 0.3 is 17.0 Å². The number of pyridine rings is 1. The predicted octanol–water partition coefficient (Wildman–Crippen LogP) is 1.47. The van der Waals surface area contributed by atoms with E-state index in [-0.39, 0.29) is 4.57 Å². The topological polar surface area (TPSA) is 72.2 Å². The van der Waals surface area contributed by atoms with Crippen molar-refractivity contribution in [3.63, 3.8) is 0 Å². The fourth-order valence-corrected chi connectivity index (χ4v) is 4.15. The third-order valence-corrected chi connectivity index (χ3v) is 6.39. The minimum absolute atomic E-state index is 0.0259. The van der Waals surface area contributed by atoms with Gasteiger partial charge in [0.25, 0.3) is 0 Å². The van der Waals surface area contributed by atoms with Crippen LogP contribution in [0.5, 0.6) is 0 Å². The Labute approximate surface area is 125 Å². The molecule has 1 rings (SSSR count). The second-order valence-electron chi connectivity index (χ2n) is 3.92. The Balaban J connectivity index is 3.56. The van der Waals surface area contributed by atoms with Crippen LogP contribution in [-0.4, -0.2) is 27.9 Å². The van der Waals surface area contributed by atoms with E-state index in [2.05, 4.69) is 0 Å². The van der Waals surface area contributed by atoms with Crippen molar-refractivity contribution in [2.24, 2.45) is 0 Å². The van der Waals surface area contributed by atoms with Crippen LogP contribution < -0.4 is 4.57 Å². The maximum Gasteiger partial charge on any atom is 0.470 e. The van der Waals surface area contributed by atoms with E-state index in [4.69, 9.17) is 0 Å². The highest BCUT2D eigenvalue weighted by molar-refractivity contribution is 8.13. The van der Waals surface area contributed by atoms with Crippen molar-refractivity contribution in [2.75, 3.05) is 0 Å². The van der Waals surface area contributed by atoms with Crippen LogP contribution in [0.15, 0.2) is 24.4 Å². The molecule has 0 aromatic carbocycles. The Morgan fingerprint density at radius 1 is 0.913 bits per heavy atom. The summed E-state index contributed by atoms with van der Waals surface area (Å²) in [6.45, 7) is -2.00. The average molecular weight is 389 g/mol. The van der Waals surface area contributed by atoms with Crippen molar-refractivity contribution < 1.29 is 52.1 Å². The first kappa shape index (κ1) is 19.6. The molecule has 0 unspecified atom stereocenters. The normalized spacial score (nSPS) is 14.3. The lowest BCUT2D eigenvalue weighted by Crippen LogP contribution is -2.49. The molecular weight excluding hydrogens is 383 g/mol. The quantitative estimate of drug-likeness (QED) is 0.339. The summed E-state index contributed by atoms with van der Waals surface area (Å²) in [5.41, 5.74) is -12.6. The zero-order chi connectivity index (χ0) is 18.3. The smallest absolute Gasteiger partial charge is 0.252 e. The maximum atomic E-state index is 13.3. The lowest BCUT2D eigenvalue weighted by atomic mass is 10.5. The van der Waals surface area contributed by atoms with Crippen molar-refractivity contribution in [1.82, 2.24) is 0 Å². The van der Waals surface area contributed by atoms with E-state index in [0.29, 0.717) is 12.3 Å². The molecule has 1 aromatic heterocycles. The molecule has 0 aliphatic rings. The van der Waals surface area contributed by atoms with Gasteiger partial charge in [0.2, 0.25) is 0 Å². The second-order valence-corrected chi connectivity index (χ2v) is 8.11. The third kappa shape index (κ3) is 3.73. The van der Waals surface area contributed by atoms with Crippen molar-refractivity contribution in [3.8, 4) is 0 Å². The fourth-order valence-electron chi connectivity index (χ4n) is 1.30. The van der Waals surface area contributed by atoms with Gasteiger partial charge in [0.05, 0.1) is 6.54 Å². The minimum Gasteiger partial charge on any atom is -0.252 e. The van der Waals surface area contributed by atoms with Gasteiger partial charge < -0.3 is 0 Å². The van der Waals surface area contributed by atoms with Gasteiger partial charge in [0, 0.05) is 16.7 Å². The average Bonchev–Trinajstić information content (AvgIpc) is 2.34. The molecule has 0 bridgehead atoms. The van der Waals surface area contributed by atoms with Crippen molar-refractivity contribution >= 4 is 19.7 Å². The van der Waals surface area contributed by atoms with E-state index in [1.165, 1.54) is 0 Å². The molecule has 0 aliphatic heterocycles. The van der Waals surface area contributed by atoms with Gasteiger partial charge in [-0.1, -0.05) is 0 Å². The zero-order valence-electron chi connectivity index (χ0n) is 10.6. The Hall–Kier alpha value is -1.44. The van der Waals surface area contributed by atoms with Gasteiger partial charge in [-0.3, -0.25) is 16.8 Å². The molecule has 0 amide bonds. The van der Waals surface area contributed by atoms with Gasteiger partial charge in [-0.05, 0) is 6.07 Å². The molecule has 0 saturated heterocycles. The molecule has 0 fully saturated rings. The molecule has 1 heterocycles. The van der Waals surface area contributed by atoms with E-state index in [0.717, 1.165) is 12.1 Å². The summed E-state index contributed by atoms with van der Waals surface area (Å²) < 4.78 is 130. The summed E-state index contributed by atoms with van der Waals surface area (Å²) in [6, 6.07) is 2.53. The summed E-state index contributed by atoms with van der Waals surface area (Å²) in [4.78, 5) is 0. The van der Waals surface area contributed by atoms with Crippen LogP contribution in [0.4, 0.5) is 30.7 Å². The van der Waals surface area contributed by atoms with Gasteiger partial charge in [-0.25, -0.2) is 0 Å². The molecule has 0 aliphatic carbocycles.